The van der Waals surface area contributed by atoms with Gasteiger partial charge in [-0.25, -0.2) is 14.7 Å². The van der Waals surface area contributed by atoms with Crippen LogP contribution in [0.3, 0.4) is 0 Å². The van der Waals surface area contributed by atoms with Gasteiger partial charge in [-0.2, -0.15) is 0 Å². The molecule has 1 aliphatic heterocycles. The quantitative estimate of drug-likeness (QED) is 0.816. The third-order valence-electron chi connectivity index (χ3n) is 5.21. The lowest BCUT2D eigenvalue weighted by Crippen LogP contribution is -2.48. The largest absolute Gasteiger partial charge is 0.325 e. The smallest absolute Gasteiger partial charge is 0.323 e. The summed E-state index contributed by atoms with van der Waals surface area (Å²) in [5.41, 5.74) is 1.86. The average molecular weight is 348 g/mol. The molecule has 4 rings (SSSR count). The van der Waals surface area contributed by atoms with Crippen LogP contribution in [0.2, 0.25) is 0 Å². The maximum Gasteiger partial charge on any atom is 0.325 e. The van der Waals surface area contributed by atoms with Crippen LogP contribution in [-0.4, -0.2) is 39.3 Å². The number of urea groups is 1. The Kier molecular flexibility index (Phi) is 3.59. The molecular weight excluding hydrogens is 328 g/mol. The monoisotopic (exact) mass is 348 g/mol. The number of hydrogen-bond acceptors (Lipinski definition) is 5. The zero-order valence-electron chi connectivity index (χ0n) is 13.5. The second-order valence-electron chi connectivity index (χ2n) is 6.90. The van der Waals surface area contributed by atoms with E-state index in [-0.39, 0.29) is 11.8 Å². The fourth-order valence-corrected chi connectivity index (χ4v) is 4.41. The number of aromatic nitrogens is 1. The zero-order chi connectivity index (χ0) is 16.9. The molecule has 1 atom stereocenters. The normalized spacial score (nSPS) is 23.6. The van der Waals surface area contributed by atoms with Crippen molar-refractivity contribution in [3.05, 3.63) is 11.2 Å². The van der Waals surface area contributed by atoms with Crippen LogP contribution in [0.4, 0.5) is 9.80 Å². The molecule has 1 spiro atoms. The highest BCUT2D eigenvalue weighted by atomic mass is 32.1. The van der Waals surface area contributed by atoms with Crippen LogP contribution < -0.4 is 10.6 Å². The van der Waals surface area contributed by atoms with Crippen LogP contribution in [0.25, 0.3) is 0 Å². The summed E-state index contributed by atoms with van der Waals surface area (Å²) in [5.74, 6) is -0.181. The Morgan fingerprint density at radius 3 is 2.79 bits per heavy atom. The van der Waals surface area contributed by atoms with Crippen LogP contribution in [0.15, 0.2) is 5.51 Å². The van der Waals surface area contributed by atoms with Crippen molar-refractivity contribution in [2.45, 2.75) is 62.9 Å². The van der Waals surface area contributed by atoms with E-state index in [4.69, 9.17) is 0 Å². The predicted octanol–water partition coefficient (Wildman–Crippen LogP) is 2.21. The van der Waals surface area contributed by atoms with Gasteiger partial charge in [0.2, 0.25) is 5.91 Å². The van der Waals surface area contributed by atoms with E-state index in [2.05, 4.69) is 15.6 Å². The van der Waals surface area contributed by atoms with E-state index in [1.807, 2.05) is 0 Å². The molecule has 0 aromatic carbocycles. The standard InChI is InChI=1S/C16H20N4O3S/c1-9(12(21)18-13-11(10-4-5-10)17-8-24-13)20-14(22)16(19-15(20)23)6-2-3-7-16/h8-10H,2-7H2,1H3,(H,18,21)(H,19,23)/t9-/m1/s1. The Hall–Kier alpha value is -1.96. The molecule has 0 bridgehead atoms. The molecule has 1 aromatic heterocycles. The van der Waals surface area contributed by atoms with Crippen molar-refractivity contribution in [3.63, 3.8) is 0 Å². The number of rotatable bonds is 4. The van der Waals surface area contributed by atoms with Crippen molar-refractivity contribution in [2.24, 2.45) is 0 Å². The fraction of sp³-hybridized carbons (Fsp3) is 0.625. The van der Waals surface area contributed by atoms with E-state index in [0.717, 1.165) is 41.3 Å². The number of carbonyl (C=O) groups excluding carboxylic acids is 3. The van der Waals surface area contributed by atoms with Gasteiger partial charge in [-0.3, -0.25) is 9.59 Å². The van der Waals surface area contributed by atoms with Gasteiger partial charge >= 0.3 is 6.03 Å². The first kappa shape index (κ1) is 15.6. The summed E-state index contributed by atoms with van der Waals surface area (Å²) in [6, 6.07) is -1.30. The van der Waals surface area contributed by atoms with Gasteiger partial charge in [0, 0.05) is 5.92 Å². The first-order valence-corrected chi connectivity index (χ1v) is 9.30. The molecule has 3 aliphatic rings. The number of amides is 4. The average Bonchev–Trinajstić information content (AvgIpc) is 3.01. The summed E-state index contributed by atoms with van der Waals surface area (Å²) in [6.45, 7) is 1.60. The Bertz CT molecular complexity index is 706. The minimum atomic E-state index is -0.841. The summed E-state index contributed by atoms with van der Waals surface area (Å²) in [4.78, 5) is 43.0. The molecule has 0 radical (unpaired) electrons. The maximum atomic E-state index is 12.7. The van der Waals surface area contributed by atoms with Gasteiger partial charge in [-0.1, -0.05) is 12.8 Å². The summed E-state index contributed by atoms with van der Waals surface area (Å²) >= 11 is 1.38. The number of nitrogens with one attached hydrogen (secondary N) is 2. The molecule has 3 fully saturated rings. The lowest BCUT2D eigenvalue weighted by molar-refractivity contribution is -0.136. The molecule has 128 valence electrons. The first-order valence-electron chi connectivity index (χ1n) is 8.42. The molecule has 1 aromatic rings. The molecule has 7 nitrogen and oxygen atoms in total. The number of thiazole rings is 1. The van der Waals surface area contributed by atoms with E-state index in [0.29, 0.717) is 18.8 Å². The molecule has 2 N–H and O–H groups in total. The van der Waals surface area contributed by atoms with E-state index in [1.54, 1.807) is 12.4 Å². The molecule has 24 heavy (non-hydrogen) atoms. The van der Waals surface area contributed by atoms with Crippen LogP contribution in [0.1, 0.15) is 57.1 Å². The third kappa shape index (κ3) is 2.40. The summed E-state index contributed by atoms with van der Waals surface area (Å²) in [7, 11) is 0. The van der Waals surface area contributed by atoms with Gasteiger partial charge in [0.05, 0.1) is 11.2 Å². The van der Waals surface area contributed by atoms with E-state index in [9.17, 15) is 14.4 Å². The zero-order valence-corrected chi connectivity index (χ0v) is 14.3. The van der Waals surface area contributed by atoms with Crippen molar-refractivity contribution >= 4 is 34.2 Å². The molecular formula is C16H20N4O3S. The Balaban J connectivity index is 1.49. The lowest BCUT2D eigenvalue weighted by Gasteiger charge is -2.23. The van der Waals surface area contributed by atoms with Crippen LogP contribution in [0.5, 0.6) is 0 Å². The third-order valence-corrected chi connectivity index (χ3v) is 5.97. The van der Waals surface area contributed by atoms with Crippen LogP contribution in [0, 0.1) is 0 Å². The number of nitrogens with zero attached hydrogens (tertiary/aromatic N) is 2. The number of hydrogen-bond donors (Lipinski definition) is 2. The molecule has 4 amide bonds. The minimum Gasteiger partial charge on any atom is -0.323 e. The van der Waals surface area contributed by atoms with Crippen molar-refractivity contribution in [1.82, 2.24) is 15.2 Å². The topological polar surface area (TPSA) is 91.4 Å². The molecule has 2 heterocycles. The second-order valence-corrected chi connectivity index (χ2v) is 7.76. The highest BCUT2D eigenvalue weighted by Gasteiger charge is 2.54. The number of imide groups is 1. The van der Waals surface area contributed by atoms with E-state index >= 15 is 0 Å². The highest BCUT2D eigenvalue weighted by molar-refractivity contribution is 7.14. The van der Waals surface area contributed by atoms with Gasteiger partial charge < -0.3 is 10.6 Å². The molecule has 8 heteroatoms. The summed E-state index contributed by atoms with van der Waals surface area (Å²) in [5, 5.41) is 6.40. The van der Waals surface area contributed by atoms with Crippen molar-refractivity contribution in [2.75, 3.05) is 5.32 Å². The fourth-order valence-electron chi connectivity index (χ4n) is 3.64. The van der Waals surface area contributed by atoms with E-state index in [1.165, 1.54) is 11.3 Å². The van der Waals surface area contributed by atoms with Crippen molar-refractivity contribution < 1.29 is 14.4 Å². The SMILES string of the molecule is C[C@H](C(=O)Nc1scnc1C1CC1)N1C(=O)NC2(CCCC2)C1=O. The predicted molar refractivity (Wildman–Crippen MR) is 88.8 cm³/mol. The van der Waals surface area contributed by atoms with Crippen molar-refractivity contribution in [3.8, 4) is 0 Å². The van der Waals surface area contributed by atoms with Gasteiger partial charge in [0.1, 0.15) is 16.6 Å². The van der Waals surface area contributed by atoms with Gasteiger partial charge in [-0.15, -0.1) is 11.3 Å². The van der Waals surface area contributed by atoms with Crippen molar-refractivity contribution in [1.29, 1.82) is 0 Å². The summed E-state index contributed by atoms with van der Waals surface area (Å²) < 4.78 is 0. The molecule has 0 unspecified atom stereocenters. The minimum absolute atomic E-state index is 0.264. The van der Waals surface area contributed by atoms with Gasteiger partial charge in [-0.05, 0) is 32.6 Å². The molecule has 1 saturated heterocycles. The first-order chi connectivity index (χ1) is 11.5. The van der Waals surface area contributed by atoms with Gasteiger partial charge in [0.15, 0.2) is 0 Å². The lowest BCUT2D eigenvalue weighted by atomic mass is 9.97. The number of carbonyl (C=O) groups is 3. The molecule has 2 saturated carbocycles. The Morgan fingerprint density at radius 2 is 2.12 bits per heavy atom. The van der Waals surface area contributed by atoms with E-state index < -0.39 is 17.6 Å². The summed E-state index contributed by atoms with van der Waals surface area (Å²) in [6.07, 6.45) is 5.35. The maximum absolute atomic E-state index is 12.7. The molecule has 2 aliphatic carbocycles. The number of anilines is 1. The van der Waals surface area contributed by atoms with Crippen LogP contribution >= 0.6 is 11.3 Å². The Morgan fingerprint density at radius 1 is 1.42 bits per heavy atom. The van der Waals surface area contributed by atoms with Crippen LogP contribution in [-0.2, 0) is 9.59 Å². The highest BCUT2D eigenvalue weighted by Crippen LogP contribution is 2.44. The second kappa shape index (κ2) is 5.54. The Labute approximate surface area is 143 Å². The van der Waals surface area contributed by atoms with Gasteiger partial charge in [0.25, 0.3) is 5.91 Å².